The maximum absolute atomic E-state index is 12.3. The minimum Gasteiger partial charge on any atom is -0.461 e. The number of nitrogens with zero attached hydrogens (tertiary/aromatic N) is 3. The third kappa shape index (κ3) is 2.28. The van der Waals surface area contributed by atoms with E-state index < -0.39 is 0 Å². The van der Waals surface area contributed by atoms with Crippen LogP contribution < -0.4 is 0 Å². The third-order valence-electron chi connectivity index (χ3n) is 3.47. The molecule has 0 aliphatic carbocycles. The first-order chi connectivity index (χ1) is 10.5. The number of fused-ring (bicyclic) bond motifs is 1. The van der Waals surface area contributed by atoms with E-state index in [0.29, 0.717) is 16.5 Å². The number of rotatable bonds is 3. The number of thiophene rings is 1. The molecule has 0 saturated heterocycles. The Morgan fingerprint density at radius 1 is 1.36 bits per heavy atom. The van der Waals surface area contributed by atoms with E-state index in [0.717, 1.165) is 21.5 Å². The van der Waals surface area contributed by atoms with Crippen molar-refractivity contribution in [1.82, 2.24) is 15.0 Å². The molecule has 0 saturated carbocycles. The summed E-state index contributed by atoms with van der Waals surface area (Å²) in [5.41, 5.74) is 1.70. The van der Waals surface area contributed by atoms with Gasteiger partial charge in [0.25, 0.3) is 5.91 Å². The molecular formula is C15H15N3O3S. The second-order valence-corrected chi connectivity index (χ2v) is 5.83. The van der Waals surface area contributed by atoms with Crippen molar-refractivity contribution in [2.75, 3.05) is 14.2 Å². The Kier molecular flexibility index (Phi) is 3.67. The molecule has 0 radical (unpaired) electrons. The number of carbonyl (C=O) groups excluding carboxylic acids is 1. The Morgan fingerprint density at radius 3 is 2.77 bits per heavy atom. The quantitative estimate of drug-likeness (QED) is 0.694. The molecule has 114 valence electrons. The fourth-order valence-corrected chi connectivity index (χ4v) is 3.48. The Balaban J connectivity index is 2.17. The number of amides is 1. The minimum atomic E-state index is -0.193. The van der Waals surface area contributed by atoms with Crippen molar-refractivity contribution in [3.05, 3.63) is 34.5 Å². The first-order valence-corrected chi connectivity index (χ1v) is 7.48. The highest BCUT2D eigenvalue weighted by molar-refractivity contribution is 7.20. The predicted molar refractivity (Wildman–Crippen MR) is 83.7 cm³/mol. The van der Waals surface area contributed by atoms with Gasteiger partial charge in [-0.15, -0.1) is 11.3 Å². The lowest BCUT2D eigenvalue weighted by molar-refractivity contribution is -0.0754. The van der Waals surface area contributed by atoms with Gasteiger partial charge in [-0.05, 0) is 31.5 Å². The molecule has 0 aliphatic heterocycles. The average Bonchev–Trinajstić information content (AvgIpc) is 3.14. The van der Waals surface area contributed by atoms with Crippen LogP contribution >= 0.6 is 11.3 Å². The van der Waals surface area contributed by atoms with Crippen LogP contribution in [0.4, 0.5) is 0 Å². The summed E-state index contributed by atoms with van der Waals surface area (Å²) in [7, 11) is 3.04. The molecule has 0 N–H and O–H groups in total. The zero-order valence-corrected chi connectivity index (χ0v) is 13.5. The zero-order valence-electron chi connectivity index (χ0n) is 12.7. The smallest absolute Gasteiger partial charge is 0.287 e. The van der Waals surface area contributed by atoms with Gasteiger partial charge in [-0.1, -0.05) is 0 Å². The third-order valence-corrected chi connectivity index (χ3v) is 4.64. The Hall–Kier alpha value is -2.25. The molecule has 0 aromatic carbocycles. The van der Waals surface area contributed by atoms with Crippen LogP contribution in [0.3, 0.4) is 0 Å². The fourth-order valence-electron chi connectivity index (χ4n) is 2.28. The van der Waals surface area contributed by atoms with Gasteiger partial charge in [0.15, 0.2) is 11.6 Å². The first-order valence-electron chi connectivity index (χ1n) is 6.66. The Bertz CT molecular complexity index is 839. The monoisotopic (exact) mass is 317 g/mol. The first kappa shape index (κ1) is 14.7. The van der Waals surface area contributed by atoms with E-state index in [1.807, 2.05) is 19.9 Å². The van der Waals surface area contributed by atoms with Gasteiger partial charge in [-0.25, -0.2) is 15.0 Å². The molecule has 22 heavy (non-hydrogen) atoms. The largest absolute Gasteiger partial charge is 0.461 e. The average molecular weight is 317 g/mol. The number of carbonyl (C=O) groups is 1. The summed E-state index contributed by atoms with van der Waals surface area (Å²) in [6, 6.07) is 3.60. The van der Waals surface area contributed by atoms with Crippen molar-refractivity contribution in [3.63, 3.8) is 0 Å². The second-order valence-electron chi connectivity index (χ2n) is 4.83. The van der Waals surface area contributed by atoms with Gasteiger partial charge < -0.3 is 4.42 Å². The lowest BCUT2D eigenvalue weighted by Crippen LogP contribution is -2.25. The van der Waals surface area contributed by atoms with Crippen molar-refractivity contribution >= 4 is 27.5 Å². The maximum Gasteiger partial charge on any atom is 0.287 e. The van der Waals surface area contributed by atoms with Crippen molar-refractivity contribution < 1.29 is 14.0 Å². The van der Waals surface area contributed by atoms with E-state index in [4.69, 9.17) is 9.25 Å². The SMILES string of the molecule is CON(C)C(=O)c1sc2nc(-c3ccco3)nc(C)c2c1C. The van der Waals surface area contributed by atoms with Gasteiger partial charge in [-0.2, -0.15) is 0 Å². The van der Waals surface area contributed by atoms with Crippen molar-refractivity contribution in [1.29, 1.82) is 0 Å². The molecule has 6 nitrogen and oxygen atoms in total. The molecule has 3 rings (SSSR count). The molecule has 0 atom stereocenters. The number of hydrogen-bond donors (Lipinski definition) is 0. The highest BCUT2D eigenvalue weighted by atomic mass is 32.1. The molecular weight excluding hydrogens is 302 g/mol. The maximum atomic E-state index is 12.3. The number of aromatic nitrogens is 2. The molecule has 3 heterocycles. The topological polar surface area (TPSA) is 68.5 Å². The summed E-state index contributed by atoms with van der Waals surface area (Å²) in [6.07, 6.45) is 1.58. The standard InChI is InChI=1S/C15H15N3O3S/c1-8-11-9(2)16-13(10-6-5-7-21-10)17-14(11)22-12(8)15(19)18(3)20-4/h5-7H,1-4H3. The molecule has 1 amide bonds. The van der Waals surface area contributed by atoms with Crippen molar-refractivity contribution in [2.24, 2.45) is 0 Å². The van der Waals surface area contributed by atoms with E-state index in [9.17, 15) is 4.79 Å². The molecule has 7 heteroatoms. The summed E-state index contributed by atoms with van der Waals surface area (Å²) >= 11 is 1.34. The van der Waals surface area contributed by atoms with Crippen LogP contribution in [-0.4, -0.2) is 35.1 Å². The lowest BCUT2D eigenvalue weighted by Gasteiger charge is -2.12. The molecule has 3 aromatic heterocycles. The summed E-state index contributed by atoms with van der Waals surface area (Å²) in [6.45, 7) is 3.81. The molecule has 0 unspecified atom stereocenters. The molecule has 0 bridgehead atoms. The molecule has 3 aromatic rings. The Labute approximate surface area is 131 Å². The minimum absolute atomic E-state index is 0.193. The summed E-state index contributed by atoms with van der Waals surface area (Å²) in [5.74, 6) is 0.940. The van der Waals surface area contributed by atoms with Crippen molar-refractivity contribution in [2.45, 2.75) is 13.8 Å². The highest BCUT2D eigenvalue weighted by Gasteiger charge is 2.22. The van der Waals surface area contributed by atoms with Gasteiger partial charge in [0.2, 0.25) is 0 Å². The molecule has 0 aliphatic rings. The van der Waals surface area contributed by atoms with E-state index >= 15 is 0 Å². The molecule has 0 spiro atoms. The Morgan fingerprint density at radius 2 is 2.14 bits per heavy atom. The highest BCUT2D eigenvalue weighted by Crippen LogP contribution is 2.33. The van der Waals surface area contributed by atoms with E-state index in [1.165, 1.54) is 23.5 Å². The fraction of sp³-hybridized carbons (Fsp3) is 0.267. The molecule has 0 fully saturated rings. The number of furan rings is 1. The number of aryl methyl sites for hydroxylation is 2. The summed E-state index contributed by atoms with van der Waals surface area (Å²) < 4.78 is 5.35. The van der Waals surface area contributed by atoms with Gasteiger partial charge in [0, 0.05) is 12.4 Å². The van der Waals surface area contributed by atoms with E-state index in [-0.39, 0.29) is 5.91 Å². The predicted octanol–water partition coefficient (Wildman–Crippen LogP) is 3.20. The van der Waals surface area contributed by atoms with E-state index in [2.05, 4.69) is 9.97 Å². The van der Waals surface area contributed by atoms with Crippen LogP contribution in [0.25, 0.3) is 21.8 Å². The van der Waals surface area contributed by atoms with Gasteiger partial charge in [-0.3, -0.25) is 9.63 Å². The van der Waals surface area contributed by atoms with Crippen LogP contribution in [0.5, 0.6) is 0 Å². The number of hydrogen-bond acceptors (Lipinski definition) is 6. The van der Waals surface area contributed by atoms with Gasteiger partial charge in [0.05, 0.1) is 19.1 Å². The van der Waals surface area contributed by atoms with Gasteiger partial charge >= 0.3 is 0 Å². The lowest BCUT2D eigenvalue weighted by atomic mass is 10.1. The van der Waals surface area contributed by atoms with Crippen LogP contribution in [0, 0.1) is 13.8 Å². The summed E-state index contributed by atoms with van der Waals surface area (Å²) in [4.78, 5) is 27.7. The summed E-state index contributed by atoms with van der Waals surface area (Å²) in [5, 5.41) is 2.11. The zero-order chi connectivity index (χ0) is 15.9. The van der Waals surface area contributed by atoms with Crippen LogP contribution in [0.1, 0.15) is 20.9 Å². The van der Waals surface area contributed by atoms with Crippen molar-refractivity contribution in [3.8, 4) is 11.6 Å². The number of hydroxylamine groups is 2. The van der Waals surface area contributed by atoms with Crippen LogP contribution in [-0.2, 0) is 4.84 Å². The van der Waals surface area contributed by atoms with Crippen LogP contribution in [0.15, 0.2) is 22.8 Å². The van der Waals surface area contributed by atoms with E-state index in [1.54, 1.807) is 19.4 Å². The second kappa shape index (κ2) is 5.51. The normalized spacial score (nSPS) is 11.1. The van der Waals surface area contributed by atoms with Crippen LogP contribution in [0.2, 0.25) is 0 Å². The van der Waals surface area contributed by atoms with Gasteiger partial charge in [0.1, 0.15) is 9.71 Å².